The van der Waals surface area contributed by atoms with E-state index in [0.29, 0.717) is 18.7 Å². The Kier molecular flexibility index (Phi) is 8.22. The zero-order valence-corrected chi connectivity index (χ0v) is 18.4. The van der Waals surface area contributed by atoms with Crippen LogP contribution >= 0.6 is 12.2 Å². The summed E-state index contributed by atoms with van der Waals surface area (Å²) in [6.45, 7) is 2.46. The molecule has 3 aromatic rings. The maximum absolute atomic E-state index is 12.4. The molecule has 0 aliphatic carbocycles. The fraction of sp³-hybridized carbons (Fsp3) is 0.120. The molecule has 7 heteroatoms. The Labute approximate surface area is 192 Å². The van der Waals surface area contributed by atoms with Crippen molar-refractivity contribution in [3.05, 3.63) is 102 Å². The van der Waals surface area contributed by atoms with Crippen LogP contribution in [0.15, 0.2) is 85.2 Å². The van der Waals surface area contributed by atoms with Crippen LogP contribution in [0.4, 0.5) is 5.69 Å². The van der Waals surface area contributed by atoms with Gasteiger partial charge in [-0.25, -0.2) is 4.79 Å². The fourth-order valence-corrected chi connectivity index (χ4v) is 3.17. The number of ether oxygens (including phenoxy) is 1. The first-order chi connectivity index (χ1) is 15.6. The van der Waals surface area contributed by atoms with E-state index in [2.05, 4.69) is 10.3 Å². The van der Waals surface area contributed by atoms with E-state index in [0.717, 1.165) is 16.8 Å². The van der Waals surface area contributed by atoms with Gasteiger partial charge in [0.25, 0.3) is 0 Å². The zero-order valence-electron chi connectivity index (χ0n) is 17.6. The Hall–Kier alpha value is -3.84. The maximum Gasteiger partial charge on any atom is 0.338 e. The number of carbonyl (C=O) groups is 2. The molecule has 32 heavy (non-hydrogen) atoms. The van der Waals surface area contributed by atoms with Gasteiger partial charge < -0.3 is 9.64 Å². The predicted molar refractivity (Wildman–Crippen MR) is 129 cm³/mol. The largest absolute Gasteiger partial charge is 0.462 e. The number of amides is 1. The quantitative estimate of drug-likeness (QED) is 0.331. The average Bonchev–Trinajstić information content (AvgIpc) is 2.83. The highest BCUT2D eigenvalue weighted by Crippen LogP contribution is 2.19. The van der Waals surface area contributed by atoms with Crippen LogP contribution in [0.5, 0.6) is 0 Å². The summed E-state index contributed by atoms with van der Waals surface area (Å²) in [4.78, 5) is 30.3. The van der Waals surface area contributed by atoms with Crippen LogP contribution in [0.3, 0.4) is 0 Å². The first-order valence-corrected chi connectivity index (χ1v) is 10.5. The SMILES string of the molecule is CCOC(=O)c1ccc(N(Cc2cccnc2)C(=S)NC(=O)/C=C/c2ccccc2)cc1. The van der Waals surface area contributed by atoms with Crippen molar-refractivity contribution in [2.75, 3.05) is 11.5 Å². The van der Waals surface area contributed by atoms with Crippen LogP contribution in [0, 0.1) is 0 Å². The van der Waals surface area contributed by atoms with Gasteiger partial charge in [0.2, 0.25) is 5.91 Å². The second-order valence-electron chi connectivity index (χ2n) is 6.75. The third-order valence-electron chi connectivity index (χ3n) is 4.46. The number of pyridine rings is 1. The monoisotopic (exact) mass is 445 g/mol. The van der Waals surface area contributed by atoms with E-state index < -0.39 is 0 Å². The normalized spacial score (nSPS) is 10.5. The van der Waals surface area contributed by atoms with E-state index in [9.17, 15) is 9.59 Å². The number of esters is 1. The molecule has 1 aromatic heterocycles. The second kappa shape index (κ2) is 11.5. The van der Waals surface area contributed by atoms with Crippen LogP contribution in [0.2, 0.25) is 0 Å². The molecule has 0 aliphatic heterocycles. The van der Waals surface area contributed by atoms with Gasteiger partial charge in [0.1, 0.15) is 0 Å². The maximum atomic E-state index is 12.4. The highest BCUT2D eigenvalue weighted by Gasteiger charge is 2.16. The van der Waals surface area contributed by atoms with Gasteiger partial charge in [0.15, 0.2) is 5.11 Å². The highest BCUT2D eigenvalue weighted by atomic mass is 32.1. The van der Waals surface area contributed by atoms with Gasteiger partial charge >= 0.3 is 5.97 Å². The molecule has 0 aliphatic rings. The summed E-state index contributed by atoms with van der Waals surface area (Å²) in [6, 6.07) is 20.2. The Morgan fingerprint density at radius 3 is 2.47 bits per heavy atom. The first-order valence-electron chi connectivity index (χ1n) is 10.1. The van der Waals surface area contributed by atoms with Gasteiger partial charge in [-0.2, -0.15) is 0 Å². The topological polar surface area (TPSA) is 71.5 Å². The number of nitrogens with one attached hydrogen (secondary N) is 1. The third kappa shape index (κ3) is 6.58. The molecule has 6 nitrogen and oxygen atoms in total. The molecule has 0 radical (unpaired) electrons. The molecule has 0 saturated heterocycles. The molecule has 0 saturated carbocycles. The number of aromatic nitrogens is 1. The van der Waals surface area contributed by atoms with E-state index in [-0.39, 0.29) is 17.0 Å². The minimum absolute atomic E-state index is 0.237. The lowest BCUT2D eigenvalue weighted by Crippen LogP contribution is -2.42. The van der Waals surface area contributed by atoms with Gasteiger partial charge in [-0.05, 0) is 66.7 Å². The summed E-state index contributed by atoms with van der Waals surface area (Å²) in [5, 5.41) is 2.98. The molecule has 2 aromatic carbocycles. The zero-order chi connectivity index (χ0) is 22.8. The minimum atomic E-state index is -0.389. The van der Waals surface area contributed by atoms with Crippen LogP contribution in [0.1, 0.15) is 28.4 Å². The number of thiocarbonyl (C=S) groups is 1. The van der Waals surface area contributed by atoms with Crippen molar-refractivity contribution in [2.45, 2.75) is 13.5 Å². The van der Waals surface area contributed by atoms with E-state index in [1.807, 2.05) is 42.5 Å². The first kappa shape index (κ1) is 22.8. The summed E-state index contributed by atoms with van der Waals surface area (Å²) in [7, 11) is 0. The van der Waals surface area contributed by atoms with E-state index in [1.54, 1.807) is 54.6 Å². The number of anilines is 1. The van der Waals surface area contributed by atoms with Crippen molar-refractivity contribution in [2.24, 2.45) is 0 Å². The molecular weight excluding hydrogens is 422 g/mol. The van der Waals surface area contributed by atoms with E-state index >= 15 is 0 Å². The Balaban J connectivity index is 1.77. The molecule has 3 rings (SSSR count). The molecule has 0 unspecified atom stereocenters. The Morgan fingerprint density at radius 2 is 1.81 bits per heavy atom. The lowest BCUT2D eigenvalue weighted by Gasteiger charge is -2.25. The molecule has 0 atom stereocenters. The Morgan fingerprint density at radius 1 is 1.06 bits per heavy atom. The smallest absolute Gasteiger partial charge is 0.338 e. The lowest BCUT2D eigenvalue weighted by atomic mass is 10.2. The van der Waals surface area contributed by atoms with Gasteiger partial charge in [0, 0.05) is 24.2 Å². The van der Waals surface area contributed by atoms with Gasteiger partial charge in [-0.1, -0.05) is 36.4 Å². The van der Waals surface area contributed by atoms with Crippen molar-refractivity contribution in [3.63, 3.8) is 0 Å². The summed E-state index contributed by atoms with van der Waals surface area (Å²) < 4.78 is 5.04. The van der Waals surface area contributed by atoms with Crippen molar-refractivity contribution >= 4 is 41.0 Å². The summed E-state index contributed by atoms with van der Waals surface area (Å²) in [5.74, 6) is -0.724. The molecule has 1 amide bonds. The van der Waals surface area contributed by atoms with Gasteiger partial charge in [0.05, 0.1) is 18.7 Å². The highest BCUT2D eigenvalue weighted by molar-refractivity contribution is 7.80. The summed E-state index contributed by atoms with van der Waals surface area (Å²) in [6.07, 6.45) is 6.58. The third-order valence-corrected chi connectivity index (χ3v) is 4.78. The summed E-state index contributed by atoms with van der Waals surface area (Å²) in [5.41, 5.74) is 2.99. The molecular formula is C25H23N3O3S. The Bertz CT molecular complexity index is 1080. The van der Waals surface area contributed by atoms with Crippen molar-refractivity contribution in [3.8, 4) is 0 Å². The number of rotatable bonds is 7. The number of benzene rings is 2. The fourth-order valence-electron chi connectivity index (χ4n) is 2.90. The molecule has 162 valence electrons. The average molecular weight is 446 g/mol. The number of carbonyl (C=O) groups excluding carboxylic acids is 2. The van der Waals surface area contributed by atoms with Crippen molar-refractivity contribution in [1.29, 1.82) is 0 Å². The number of nitrogens with zero attached hydrogens (tertiary/aromatic N) is 2. The van der Waals surface area contributed by atoms with Crippen molar-refractivity contribution in [1.82, 2.24) is 10.3 Å². The molecule has 1 heterocycles. The number of hydrogen-bond acceptors (Lipinski definition) is 5. The van der Waals surface area contributed by atoms with Crippen LogP contribution < -0.4 is 10.2 Å². The minimum Gasteiger partial charge on any atom is -0.462 e. The van der Waals surface area contributed by atoms with E-state index in [1.165, 1.54) is 6.08 Å². The van der Waals surface area contributed by atoms with Gasteiger partial charge in [-0.15, -0.1) is 0 Å². The van der Waals surface area contributed by atoms with Crippen molar-refractivity contribution < 1.29 is 14.3 Å². The van der Waals surface area contributed by atoms with E-state index in [4.69, 9.17) is 17.0 Å². The molecule has 1 N–H and O–H groups in total. The predicted octanol–water partition coefficient (Wildman–Crippen LogP) is 4.38. The standard InChI is InChI=1S/C25H23N3O3S/c1-2-31-24(30)21-11-13-22(14-12-21)28(18-20-9-6-16-26-17-20)25(32)27-23(29)15-10-19-7-4-3-5-8-19/h3-17H,2,18H2,1H3,(H,27,29,32)/b15-10+. The van der Waals surface area contributed by atoms with Crippen LogP contribution in [0.25, 0.3) is 6.08 Å². The molecule has 0 bridgehead atoms. The summed E-state index contributed by atoms with van der Waals surface area (Å²) >= 11 is 5.54. The second-order valence-corrected chi connectivity index (χ2v) is 7.14. The lowest BCUT2D eigenvalue weighted by molar-refractivity contribution is -0.115. The molecule has 0 spiro atoms. The van der Waals surface area contributed by atoms with Crippen LogP contribution in [-0.4, -0.2) is 28.6 Å². The van der Waals surface area contributed by atoms with Gasteiger partial charge in [-0.3, -0.25) is 15.1 Å². The van der Waals surface area contributed by atoms with Crippen LogP contribution in [-0.2, 0) is 16.1 Å². The number of hydrogen-bond donors (Lipinski definition) is 1. The molecule has 0 fully saturated rings.